The van der Waals surface area contributed by atoms with Crippen LogP contribution in [-0.4, -0.2) is 41.0 Å². The lowest BCUT2D eigenvalue weighted by molar-refractivity contribution is 0.194. The fourth-order valence-corrected chi connectivity index (χ4v) is 3.34. The van der Waals surface area contributed by atoms with Gasteiger partial charge < -0.3 is 14.7 Å². The topological polar surface area (TPSA) is 49.8 Å². The average molecular weight is 269 g/mol. The van der Waals surface area contributed by atoms with Gasteiger partial charge in [-0.1, -0.05) is 6.07 Å². The molecule has 1 aromatic rings. The van der Waals surface area contributed by atoms with Gasteiger partial charge in [-0.25, -0.2) is 0 Å². The molecule has 0 unspecified atom stereocenters. The van der Waals surface area contributed by atoms with Crippen molar-refractivity contribution in [3.8, 4) is 5.75 Å². The van der Waals surface area contributed by atoms with Gasteiger partial charge >= 0.3 is 0 Å². The highest BCUT2D eigenvalue weighted by Crippen LogP contribution is 2.34. The molecule has 0 spiro atoms. The molecule has 4 nitrogen and oxygen atoms in total. The highest BCUT2D eigenvalue weighted by Gasteiger charge is 2.21. The van der Waals surface area contributed by atoms with Gasteiger partial charge in [0.1, 0.15) is 5.75 Å². The summed E-state index contributed by atoms with van der Waals surface area (Å²) in [6.07, 6.45) is -0.580. The van der Waals surface area contributed by atoms with Crippen molar-refractivity contribution in [1.29, 1.82) is 0 Å². The maximum atomic E-state index is 11.4. The van der Waals surface area contributed by atoms with E-state index in [9.17, 15) is 9.32 Å². The Morgan fingerprint density at radius 1 is 1.39 bits per heavy atom. The molecule has 0 aromatic heterocycles. The minimum absolute atomic E-state index is 0.580. The van der Waals surface area contributed by atoms with Crippen LogP contribution < -0.4 is 9.64 Å². The van der Waals surface area contributed by atoms with E-state index in [0.29, 0.717) is 17.3 Å². The van der Waals surface area contributed by atoms with E-state index in [2.05, 4.69) is 4.90 Å². The van der Waals surface area contributed by atoms with Crippen molar-refractivity contribution in [3.05, 3.63) is 23.8 Å². The van der Waals surface area contributed by atoms with E-state index in [1.165, 1.54) is 0 Å². The third kappa shape index (κ3) is 2.67. The molecule has 0 saturated carbocycles. The number of anilines is 1. The van der Waals surface area contributed by atoms with E-state index in [4.69, 9.17) is 4.74 Å². The van der Waals surface area contributed by atoms with Crippen molar-refractivity contribution in [2.24, 2.45) is 0 Å². The normalized spacial score (nSPS) is 18.7. The van der Waals surface area contributed by atoms with Crippen molar-refractivity contribution in [2.45, 2.75) is 13.0 Å². The average Bonchev–Trinajstić information content (AvgIpc) is 2.38. The van der Waals surface area contributed by atoms with Crippen LogP contribution in [0.5, 0.6) is 5.75 Å². The van der Waals surface area contributed by atoms with Crippen LogP contribution in [-0.2, 0) is 10.8 Å². The molecule has 1 aliphatic heterocycles. The number of hydrogen-bond acceptors (Lipinski definition) is 4. The Balaban J connectivity index is 2.34. The summed E-state index contributed by atoms with van der Waals surface area (Å²) in [5, 5.41) is 9.93. The van der Waals surface area contributed by atoms with E-state index in [1.807, 2.05) is 18.2 Å². The van der Waals surface area contributed by atoms with E-state index in [-0.39, 0.29) is 0 Å². The molecule has 1 aliphatic rings. The molecule has 5 heteroatoms. The number of nitrogens with zero attached hydrogens (tertiary/aromatic N) is 1. The Kier molecular flexibility index (Phi) is 4.24. The van der Waals surface area contributed by atoms with E-state index in [0.717, 1.165) is 24.3 Å². The largest absolute Gasteiger partial charge is 0.496 e. The number of benzene rings is 1. The summed E-state index contributed by atoms with van der Waals surface area (Å²) < 4.78 is 16.7. The second kappa shape index (κ2) is 5.71. The Morgan fingerprint density at radius 2 is 2.06 bits per heavy atom. The number of aliphatic hydroxyl groups is 1. The second-order valence-corrected chi connectivity index (χ2v) is 6.10. The number of rotatable bonds is 3. The number of aliphatic hydroxyl groups excluding tert-OH is 1. The van der Waals surface area contributed by atoms with Crippen LogP contribution in [0.3, 0.4) is 0 Å². The molecule has 0 amide bonds. The summed E-state index contributed by atoms with van der Waals surface area (Å²) in [4.78, 5) is 2.17. The monoisotopic (exact) mass is 269 g/mol. The van der Waals surface area contributed by atoms with Crippen LogP contribution in [0.1, 0.15) is 18.6 Å². The standard InChI is InChI=1S/C13H19NO3S/c1-10(15)13-11(4-3-5-12(13)17-2)14-6-8-18(16)9-7-14/h3-5,10,15H,6-9H2,1-2H3/t10-/m1/s1. The molecular weight excluding hydrogens is 250 g/mol. The lowest BCUT2D eigenvalue weighted by Gasteiger charge is -2.31. The van der Waals surface area contributed by atoms with Gasteiger partial charge in [0.2, 0.25) is 0 Å². The molecule has 1 heterocycles. The van der Waals surface area contributed by atoms with Crippen LogP contribution in [0.4, 0.5) is 5.69 Å². The van der Waals surface area contributed by atoms with Crippen molar-refractivity contribution < 1.29 is 14.1 Å². The van der Waals surface area contributed by atoms with Gasteiger partial charge in [-0.05, 0) is 19.1 Å². The summed E-state index contributed by atoms with van der Waals surface area (Å²) in [5.74, 6) is 2.08. The SMILES string of the molecule is COc1cccc(N2CCS(=O)CC2)c1[C@@H](C)O. The van der Waals surface area contributed by atoms with Crippen molar-refractivity contribution in [1.82, 2.24) is 0 Å². The van der Waals surface area contributed by atoms with Gasteiger partial charge in [-0.3, -0.25) is 4.21 Å². The minimum atomic E-state index is -0.695. The molecular formula is C13H19NO3S. The lowest BCUT2D eigenvalue weighted by atomic mass is 10.1. The van der Waals surface area contributed by atoms with Crippen molar-refractivity contribution in [3.63, 3.8) is 0 Å². The maximum Gasteiger partial charge on any atom is 0.126 e. The zero-order valence-electron chi connectivity index (χ0n) is 10.8. The molecule has 1 atom stereocenters. The Morgan fingerprint density at radius 3 is 2.61 bits per heavy atom. The molecule has 0 bridgehead atoms. The van der Waals surface area contributed by atoms with Gasteiger partial charge in [0.15, 0.2) is 0 Å². The Bertz CT molecular complexity index is 438. The highest BCUT2D eigenvalue weighted by molar-refractivity contribution is 7.85. The van der Waals surface area contributed by atoms with E-state index in [1.54, 1.807) is 14.0 Å². The zero-order chi connectivity index (χ0) is 13.1. The van der Waals surface area contributed by atoms with Gasteiger partial charge in [0.25, 0.3) is 0 Å². The summed E-state index contributed by atoms with van der Waals surface area (Å²) >= 11 is 0. The molecule has 2 rings (SSSR count). The van der Waals surface area contributed by atoms with Crippen molar-refractivity contribution >= 4 is 16.5 Å². The summed E-state index contributed by atoms with van der Waals surface area (Å²) in [5.41, 5.74) is 1.80. The van der Waals surface area contributed by atoms with Crippen LogP contribution in [0.2, 0.25) is 0 Å². The fourth-order valence-electron chi connectivity index (χ4n) is 2.28. The second-order valence-electron chi connectivity index (χ2n) is 4.40. The molecule has 1 aromatic carbocycles. The van der Waals surface area contributed by atoms with E-state index < -0.39 is 16.9 Å². The zero-order valence-corrected chi connectivity index (χ0v) is 11.6. The lowest BCUT2D eigenvalue weighted by Crippen LogP contribution is -2.38. The number of ether oxygens (including phenoxy) is 1. The molecule has 1 saturated heterocycles. The van der Waals surface area contributed by atoms with Crippen LogP contribution in [0, 0.1) is 0 Å². The summed E-state index contributed by atoms with van der Waals surface area (Å²) in [6, 6.07) is 5.76. The van der Waals surface area contributed by atoms with E-state index >= 15 is 0 Å². The van der Waals surface area contributed by atoms with Crippen LogP contribution in [0.15, 0.2) is 18.2 Å². The van der Waals surface area contributed by atoms with Gasteiger partial charge in [0, 0.05) is 46.6 Å². The quantitative estimate of drug-likeness (QED) is 0.899. The molecule has 0 aliphatic carbocycles. The number of hydrogen-bond donors (Lipinski definition) is 1. The number of methoxy groups -OCH3 is 1. The predicted molar refractivity (Wildman–Crippen MR) is 73.7 cm³/mol. The van der Waals surface area contributed by atoms with Gasteiger partial charge in [-0.2, -0.15) is 0 Å². The Hall–Kier alpha value is -1.07. The highest BCUT2D eigenvalue weighted by atomic mass is 32.2. The first-order valence-electron chi connectivity index (χ1n) is 6.08. The smallest absolute Gasteiger partial charge is 0.126 e. The first-order chi connectivity index (χ1) is 8.63. The summed E-state index contributed by atoms with van der Waals surface area (Å²) in [6.45, 7) is 3.27. The Labute approximate surface area is 110 Å². The maximum absolute atomic E-state index is 11.4. The van der Waals surface area contributed by atoms with Gasteiger partial charge in [-0.15, -0.1) is 0 Å². The minimum Gasteiger partial charge on any atom is -0.496 e. The van der Waals surface area contributed by atoms with Crippen LogP contribution >= 0.6 is 0 Å². The molecule has 1 N–H and O–H groups in total. The fraction of sp³-hybridized carbons (Fsp3) is 0.538. The van der Waals surface area contributed by atoms with Crippen LogP contribution in [0.25, 0.3) is 0 Å². The molecule has 18 heavy (non-hydrogen) atoms. The van der Waals surface area contributed by atoms with Gasteiger partial charge in [0.05, 0.1) is 13.2 Å². The molecule has 1 fully saturated rings. The third-order valence-corrected chi connectivity index (χ3v) is 4.48. The molecule has 100 valence electrons. The third-order valence-electron chi connectivity index (χ3n) is 3.20. The predicted octanol–water partition coefficient (Wildman–Crippen LogP) is 1.32. The van der Waals surface area contributed by atoms with Crippen molar-refractivity contribution in [2.75, 3.05) is 36.6 Å². The molecule has 0 radical (unpaired) electrons. The summed E-state index contributed by atoms with van der Waals surface area (Å²) in [7, 11) is 0.913. The first kappa shape index (κ1) is 13.4. The first-order valence-corrected chi connectivity index (χ1v) is 7.57.